The Morgan fingerprint density at radius 2 is 1.33 bits per heavy atom. The van der Waals surface area contributed by atoms with Gasteiger partial charge in [-0.1, -0.05) is 60.7 Å². The molecular weight excluding hydrogens is 340 g/mol. The predicted octanol–water partition coefficient (Wildman–Crippen LogP) is 2.64. The number of nitrogens with zero attached hydrogens (tertiary/aromatic N) is 2. The first-order valence-corrected chi connectivity index (χ1v) is 9.50. The molecule has 0 radical (unpaired) electrons. The van der Waals surface area contributed by atoms with Crippen LogP contribution in [0.1, 0.15) is 23.6 Å². The van der Waals surface area contributed by atoms with E-state index in [2.05, 4.69) is 53.4 Å². The monoisotopic (exact) mass is 364 g/mol. The third kappa shape index (κ3) is 3.74. The summed E-state index contributed by atoms with van der Waals surface area (Å²) >= 11 is 0. The van der Waals surface area contributed by atoms with Gasteiger partial charge < -0.3 is 10.0 Å². The van der Waals surface area contributed by atoms with Crippen molar-refractivity contribution < 1.29 is 14.7 Å². The second-order valence-corrected chi connectivity index (χ2v) is 7.37. The lowest BCUT2D eigenvalue weighted by Crippen LogP contribution is -2.50. The Morgan fingerprint density at radius 1 is 0.815 bits per heavy atom. The molecule has 4 rings (SSSR count). The Labute approximate surface area is 159 Å². The van der Waals surface area contributed by atoms with Gasteiger partial charge in [-0.15, -0.1) is 0 Å². The molecule has 1 aliphatic carbocycles. The van der Waals surface area contributed by atoms with Crippen molar-refractivity contribution >= 4 is 11.9 Å². The van der Waals surface area contributed by atoms with Crippen LogP contribution in [0.15, 0.2) is 60.7 Å². The van der Waals surface area contributed by atoms with Crippen molar-refractivity contribution in [1.29, 1.82) is 0 Å². The minimum Gasteiger partial charge on any atom is -0.481 e. The molecule has 2 aromatic carbocycles. The largest absolute Gasteiger partial charge is 0.481 e. The van der Waals surface area contributed by atoms with Gasteiger partial charge in [0.1, 0.15) is 0 Å². The Kier molecular flexibility index (Phi) is 4.94. The molecule has 5 nitrogen and oxygen atoms in total. The lowest BCUT2D eigenvalue weighted by Gasteiger charge is -2.40. The van der Waals surface area contributed by atoms with Crippen molar-refractivity contribution in [1.82, 2.24) is 9.80 Å². The van der Waals surface area contributed by atoms with Gasteiger partial charge in [-0.25, -0.2) is 0 Å². The predicted molar refractivity (Wildman–Crippen MR) is 102 cm³/mol. The fraction of sp³-hybridized carbons (Fsp3) is 0.364. The van der Waals surface area contributed by atoms with Crippen molar-refractivity contribution in [2.75, 3.05) is 26.2 Å². The zero-order valence-electron chi connectivity index (χ0n) is 15.2. The van der Waals surface area contributed by atoms with Crippen LogP contribution in [0, 0.1) is 11.8 Å². The number of rotatable bonds is 5. The Morgan fingerprint density at radius 3 is 1.78 bits per heavy atom. The minimum absolute atomic E-state index is 0.0121. The van der Waals surface area contributed by atoms with E-state index in [4.69, 9.17) is 5.11 Å². The van der Waals surface area contributed by atoms with Gasteiger partial charge in [-0.05, 0) is 17.5 Å². The second kappa shape index (κ2) is 7.53. The molecule has 1 saturated heterocycles. The van der Waals surface area contributed by atoms with Gasteiger partial charge in [-0.2, -0.15) is 0 Å². The molecule has 0 bridgehead atoms. The van der Waals surface area contributed by atoms with E-state index >= 15 is 0 Å². The molecule has 1 amide bonds. The molecule has 0 spiro atoms. The molecule has 1 aliphatic heterocycles. The average molecular weight is 364 g/mol. The number of carbonyl (C=O) groups excluding carboxylic acids is 1. The zero-order chi connectivity index (χ0) is 18.8. The average Bonchev–Trinajstić information content (AvgIpc) is 3.51. The van der Waals surface area contributed by atoms with Gasteiger partial charge >= 0.3 is 5.97 Å². The number of carbonyl (C=O) groups is 2. The smallest absolute Gasteiger partial charge is 0.307 e. The summed E-state index contributed by atoms with van der Waals surface area (Å²) in [6.07, 6.45) is 0.491. The number of hydrogen-bond acceptors (Lipinski definition) is 3. The highest BCUT2D eigenvalue weighted by Gasteiger charge is 2.50. The highest BCUT2D eigenvalue weighted by Crippen LogP contribution is 2.40. The number of benzene rings is 2. The molecule has 140 valence electrons. The van der Waals surface area contributed by atoms with Gasteiger partial charge in [0.05, 0.1) is 17.9 Å². The summed E-state index contributed by atoms with van der Waals surface area (Å²) in [4.78, 5) is 27.8. The van der Waals surface area contributed by atoms with E-state index in [-0.39, 0.29) is 17.9 Å². The molecule has 1 saturated carbocycles. The maximum atomic E-state index is 12.5. The van der Waals surface area contributed by atoms with E-state index in [1.165, 1.54) is 11.1 Å². The topological polar surface area (TPSA) is 60.9 Å². The Hall–Kier alpha value is -2.66. The van der Waals surface area contributed by atoms with E-state index in [0.717, 1.165) is 13.1 Å². The number of carboxylic acids is 1. The van der Waals surface area contributed by atoms with Crippen molar-refractivity contribution in [3.05, 3.63) is 71.8 Å². The second-order valence-electron chi connectivity index (χ2n) is 7.37. The van der Waals surface area contributed by atoms with Crippen molar-refractivity contribution in [2.45, 2.75) is 12.5 Å². The normalized spacial score (nSPS) is 22.6. The molecule has 27 heavy (non-hydrogen) atoms. The number of aliphatic carboxylic acids is 1. The third-order valence-corrected chi connectivity index (χ3v) is 5.65. The number of amides is 1. The number of hydrogen-bond donors (Lipinski definition) is 1. The van der Waals surface area contributed by atoms with Crippen LogP contribution in [0.2, 0.25) is 0 Å². The zero-order valence-corrected chi connectivity index (χ0v) is 15.2. The lowest BCUT2D eigenvalue weighted by atomic mass is 9.96. The quantitative estimate of drug-likeness (QED) is 0.886. The highest BCUT2D eigenvalue weighted by atomic mass is 16.4. The van der Waals surface area contributed by atoms with Crippen molar-refractivity contribution in [3.63, 3.8) is 0 Å². The summed E-state index contributed by atoms with van der Waals surface area (Å²) in [6, 6.07) is 21.1. The standard InChI is InChI=1S/C22H24N2O3/c25-21(18-15-19(18)22(26)27)24-13-11-23(12-14-24)20(16-7-3-1-4-8-16)17-9-5-2-6-10-17/h1-10,18-20H,11-15H2,(H,26,27). The first-order valence-electron chi connectivity index (χ1n) is 9.50. The summed E-state index contributed by atoms with van der Waals surface area (Å²) in [5.41, 5.74) is 2.49. The molecule has 1 N–H and O–H groups in total. The highest BCUT2D eigenvalue weighted by molar-refractivity contribution is 5.89. The van der Waals surface area contributed by atoms with E-state index in [1.54, 1.807) is 0 Å². The van der Waals surface area contributed by atoms with Gasteiger partial charge in [-0.3, -0.25) is 14.5 Å². The van der Waals surface area contributed by atoms with E-state index in [1.807, 2.05) is 17.0 Å². The fourth-order valence-corrected chi connectivity index (χ4v) is 4.06. The molecule has 2 fully saturated rings. The molecule has 2 aliphatic rings. The van der Waals surface area contributed by atoms with Gasteiger partial charge in [0.25, 0.3) is 0 Å². The molecule has 2 atom stereocenters. The van der Waals surface area contributed by atoms with E-state index < -0.39 is 11.9 Å². The molecule has 2 unspecified atom stereocenters. The molecule has 1 heterocycles. The fourth-order valence-electron chi connectivity index (χ4n) is 4.06. The first-order chi connectivity index (χ1) is 13.1. The number of carboxylic acid groups (broad SMARTS) is 1. The summed E-state index contributed by atoms with van der Waals surface area (Å²) in [6.45, 7) is 2.87. The van der Waals surface area contributed by atoms with Crippen LogP contribution < -0.4 is 0 Å². The van der Waals surface area contributed by atoms with Crippen LogP contribution in [-0.2, 0) is 9.59 Å². The molecular formula is C22H24N2O3. The summed E-state index contributed by atoms with van der Waals surface area (Å²) in [5.74, 6) is -1.62. The molecule has 2 aromatic rings. The number of piperazine rings is 1. The van der Waals surface area contributed by atoms with E-state index in [0.29, 0.717) is 19.5 Å². The van der Waals surface area contributed by atoms with Crippen LogP contribution in [-0.4, -0.2) is 53.0 Å². The minimum atomic E-state index is -0.847. The summed E-state index contributed by atoms with van der Waals surface area (Å²) in [7, 11) is 0. The Bertz CT molecular complexity index is 761. The van der Waals surface area contributed by atoms with Gasteiger partial charge in [0.15, 0.2) is 0 Å². The van der Waals surface area contributed by atoms with Gasteiger partial charge in [0, 0.05) is 26.2 Å². The van der Waals surface area contributed by atoms with Crippen molar-refractivity contribution in [2.24, 2.45) is 11.8 Å². The Balaban J connectivity index is 1.46. The van der Waals surface area contributed by atoms with Crippen LogP contribution in [0.3, 0.4) is 0 Å². The van der Waals surface area contributed by atoms with Crippen LogP contribution in [0.4, 0.5) is 0 Å². The van der Waals surface area contributed by atoms with Gasteiger partial charge in [0.2, 0.25) is 5.91 Å². The maximum Gasteiger partial charge on any atom is 0.307 e. The SMILES string of the molecule is O=C(O)C1CC1C(=O)N1CCN(C(c2ccccc2)c2ccccc2)CC1. The third-order valence-electron chi connectivity index (χ3n) is 5.65. The van der Waals surface area contributed by atoms with Crippen molar-refractivity contribution in [3.8, 4) is 0 Å². The summed E-state index contributed by atoms with van der Waals surface area (Å²) < 4.78 is 0. The summed E-state index contributed by atoms with van der Waals surface area (Å²) in [5, 5.41) is 9.06. The van der Waals surface area contributed by atoms with Crippen LogP contribution >= 0.6 is 0 Å². The van der Waals surface area contributed by atoms with Crippen LogP contribution in [0.5, 0.6) is 0 Å². The van der Waals surface area contributed by atoms with Crippen LogP contribution in [0.25, 0.3) is 0 Å². The molecule has 5 heteroatoms. The lowest BCUT2D eigenvalue weighted by molar-refractivity contribution is -0.142. The maximum absolute atomic E-state index is 12.5. The van der Waals surface area contributed by atoms with E-state index in [9.17, 15) is 9.59 Å². The first kappa shape index (κ1) is 17.7. The molecule has 0 aromatic heterocycles.